The van der Waals surface area contributed by atoms with Crippen LogP contribution in [-0.4, -0.2) is 37.3 Å². The summed E-state index contributed by atoms with van der Waals surface area (Å²) in [5, 5.41) is 14.0. The molecule has 106 valence electrons. The first-order valence-electron chi connectivity index (χ1n) is 6.82. The van der Waals surface area contributed by atoms with Crippen LogP contribution in [0.1, 0.15) is 19.8 Å². The van der Waals surface area contributed by atoms with E-state index in [1.54, 1.807) is 0 Å². The SMILES string of the molecule is C[C@H]1CC=C(CN(C)C)C(CO)=C2NC=C(Cl)CC21. The first-order valence-corrected chi connectivity index (χ1v) is 7.19. The monoisotopic (exact) mass is 282 g/mol. The highest BCUT2D eigenvalue weighted by Gasteiger charge is 2.30. The Morgan fingerprint density at radius 3 is 2.84 bits per heavy atom. The van der Waals surface area contributed by atoms with Gasteiger partial charge in [0.25, 0.3) is 0 Å². The third-order valence-electron chi connectivity index (χ3n) is 3.95. The van der Waals surface area contributed by atoms with E-state index < -0.39 is 0 Å². The molecule has 0 saturated carbocycles. The van der Waals surface area contributed by atoms with Crippen molar-refractivity contribution in [2.24, 2.45) is 11.8 Å². The van der Waals surface area contributed by atoms with Gasteiger partial charge in [-0.15, -0.1) is 0 Å². The van der Waals surface area contributed by atoms with Crippen LogP contribution < -0.4 is 5.32 Å². The smallest absolute Gasteiger partial charge is 0.0701 e. The molecule has 19 heavy (non-hydrogen) atoms. The molecule has 0 spiro atoms. The van der Waals surface area contributed by atoms with Crippen molar-refractivity contribution >= 4 is 11.6 Å². The Morgan fingerprint density at radius 2 is 2.21 bits per heavy atom. The van der Waals surface area contributed by atoms with Crippen molar-refractivity contribution in [1.82, 2.24) is 10.2 Å². The maximum Gasteiger partial charge on any atom is 0.0701 e. The molecule has 0 aromatic heterocycles. The Morgan fingerprint density at radius 1 is 1.47 bits per heavy atom. The zero-order chi connectivity index (χ0) is 14.0. The van der Waals surface area contributed by atoms with Gasteiger partial charge in [0, 0.05) is 35.0 Å². The lowest BCUT2D eigenvalue weighted by Gasteiger charge is -2.30. The molecule has 0 aromatic rings. The third kappa shape index (κ3) is 3.22. The van der Waals surface area contributed by atoms with Crippen LogP contribution in [0.3, 0.4) is 0 Å². The second-order valence-electron chi connectivity index (χ2n) is 5.78. The summed E-state index contributed by atoms with van der Waals surface area (Å²) < 4.78 is 0. The van der Waals surface area contributed by atoms with Crippen molar-refractivity contribution in [2.75, 3.05) is 27.2 Å². The number of allylic oxidation sites excluding steroid dienone is 3. The number of nitrogens with one attached hydrogen (secondary N) is 1. The molecule has 0 fully saturated rings. The number of hydrogen-bond acceptors (Lipinski definition) is 3. The molecule has 1 unspecified atom stereocenters. The fourth-order valence-electron chi connectivity index (χ4n) is 2.91. The number of hydrogen-bond donors (Lipinski definition) is 2. The van der Waals surface area contributed by atoms with Crippen molar-refractivity contribution in [3.8, 4) is 0 Å². The van der Waals surface area contributed by atoms with Crippen molar-refractivity contribution in [1.29, 1.82) is 0 Å². The highest BCUT2D eigenvalue weighted by Crippen LogP contribution is 2.38. The number of fused-ring (bicyclic) bond motifs is 1. The van der Waals surface area contributed by atoms with Crippen molar-refractivity contribution in [3.05, 3.63) is 34.2 Å². The van der Waals surface area contributed by atoms with Crippen LogP contribution in [0.4, 0.5) is 0 Å². The molecule has 2 rings (SSSR count). The minimum absolute atomic E-state index is 0.0800. The lowest BCUT2D eigenvalue weighted by Crippen LogP contribution is -2.28. The second kappa shape index (κ2) is 6.12. The summed E-state index contributed by atoms with van der Waals surface area (Å²) >= 11 is 6.16. The topological polar surface area (TPSA) is 35.5 Å². The molecule has 1 aliphatic carbocycles. The fourth-order valence-corrected chi connectivity index (χ4v) is 3.13. The van der Waals surface area contributed by atoms with Gasteiger partial charge in [-0.1, -0.05) is 24.6 Å². The minimum atomic E-state index is 0.0800. The summed E-state index contributed by atoms with van der Waals surface area (Å²) in [4.78, 5) is 2.14. The van der Waals surface area contributed by atoms with E-state index in [2.05, 4.69) is 37.3 Å². The summed E-state index contributed by atoms with van der Waals surface area (Å²) in [6, 6.07) is 0. The van der Waals surface area contributed by atoms with Crippen LogP contribution in [0.25, 0.3) is 0 Å². The van der Waals surface area contributed by atoms with Gasteiger partial charge in [-0.05, 0) is 38.4 Å². The number of halogens is 1. The van der Waals surface area contributed by atoms with Crippen LogP contribution in [0.2, 0.25) is 0 Å². The van der Waals surface area contributed by atoms with Crippen molar-refractivity contribution in [2.45, 2.75) is 19.8 Å². The number of nitrogens with zero attached hydrogens (tertiary/aromatic N) is 1. The van der Waals surface area contributed by atoms with E-state index in [9.17, 15) is 5.11 Å². The molecular formula is C15H23ClN2O. The lowest BCUT2D eigenvalue weighted by molar-refractivity contribution is 0.322. The average Bonchev–Trinajstić information content (AvgIpc) is 2.48. The molecule has 0 amide bonds. The van der Waals surface area contributed by atoms with Gasteiger partial charge in [0.2, 0.25) is 0 Å². The Bertz CT molecular complexity index is 437. The molecule has 3 nitrogen and oxygen atoms in total. The Balaban J connectivity index is 2.40. The standard InChI is InChI=1S/C15H23ClN2O/c1-10-4-5-11(8-18(2)3)14(9-19)15-13(10)6-12(16)7-17-15/h5,7,10,13,17,19H,4,6,8-9H2,1-3H3/t10-,13?/m0/s1. The Labute approximate surface area is 120 Å². The van der Waals surface area contributed by atoms with Crippen LogP contribution in [-0.2, 0) is 0 Å². The number of likely N-dealkylation sites (N-methyl/N-ethyl adjacent to an activating group) is 1. The van der Waals surface area contributed by atoms with Gasteiger partial charge in [-0.3, -0.25) is 0 Å². The number of aliphatic hydroxyl groups is 1. The summed E-state index contributed by atoms with van der Waals surface area (Å²) in [6.45, 7) is 3.20. The molecule has 0 radical (unpaired) electrons. The maximum atomic E-state index is 9.78. The molecule has 1 heterocycles. The first kappa shape index (κ1) is 14.6. The normalized spacial score (nSPS) is 27.5. The second-order valence-corrected chi connectivity index (χ2v) is 6.26. The predicted octanol–water partition coefficient (Wildman–Crippen LogP) is 2.45. The van der Waals surface area contributed by atoms with E-state index in [1.807, 2.05) is 6.20 Å². The van der Waals surface area contributed by atoms with E-state index >= 15 is 0 Å². The van der Waals surface area contributed by atoms with Gasteiger partial charge < -0.3 is 15.3 Å². The fraction of sp³-hybridized carbons (Fsp3) is 0.600. The highest BCUT2D eigenvalue weighted by molar-refractivity contribution is 6.29. The highest BCUT2D eigenvalue weighted by atomic mass is 35.5. The summed E-state index contributed by atoms with van der Waals surface area (Å²) in [5.74, 6) is 0.918. The van der Waals surface area contributed by atoms with Crippen molar-refractivity contribution in [3.63, 3.8) is 0 Å². The summed E-state index contributed by atoms with van der Waals surface area (Å²) in [5.41, 5.74) is 3.43. The largest absolute Gasteiger partial charge is 0.392 e. The molecule has 2 atom stereocenters. The van der Waals surface area contributed by atoms with Crippen LogP contribution in [0.5, 0.6) is 0 Å². The molecule has 0 saturated heterocycles. The molecule has 2 aliphatic rings. The molecular weight excluding hydrogens is 260 g/mol. The predicted molar refractivity (Wildman–Crippen MR) is 79.7 cm³/mol. The van der Waals surface area contributed by atoms with Gasteiger partial charge in [0.1, 0.15) is 0 Å². The maximum absolute atomic E-state index is 9.78. The molecule has 2 N–H and O–H groups in total. The van der Waals surface area contributed by atoms with Gasteiger partial charge in [-0.2, -0.15) is 0 Å². The van der Waals surface area contributed by atoms with E-state index in [-0.39, 0.29) is 6.61 Å². The van der Waals surface area contributed by atoms with Crippen LogP contribution in [0.15, 0.2) is 34.2 Å². The third-order valence-corrected chi connectivity index (χ3v) is 4.21. The van der Waals surface area contributed by atoms with Gasteiger partial charge in [0.15, 0.2) is 0 Å². The lowest BCUT2D eigenvalue weighted by atomic mass is 9.84. The van der Waals surface area contributed by atoms with E-state index in [4.69, 9.17) is 11.6 Å². The average molecular weight is 283 g/mol. The van der Waals surface area contributed by atoms with E-state index in [0.717, 1.165) is 35.7 Å². The van der Waals surface area contributed by atoms with E-state index in [1.165, 1.54) is 5.57 Å². The molecule has 1 aliphatic heterocycles. The van der Waals surface area contributed by atoms with Crippen LogP contribution >= 0.6 is 11.6 Å². The van der Waals surface area contributed by atoms with Crippen LogP contribution in [0, 0.1) is 11.8 Å². The van der Waals surface area contributed by atoms with Gasteiger partial charge in [0.05, 0.1) is 6.61 Å². The summed E-state index contributed by atoms with van der Waals surface area (Å²) in [7, 11) is 4.11. The minimum Gasteiger partial charge on any atom is -0.392 e. The van der Waals surface area contributed by atoms with Crippen molar-refractivity contribution < 1.29 is 5.11 Å². The Hall–Kier alpha value is -0.770. The zero-order valence-corrected chi connectivity index (χ0v) is 12.7. The van der Waals surface area contributed by atoms with E-state index in [0.29, 0.717) is 11.8 Å². The van der Waals surface area contributed by atoms with Gasteiger partial charge in [-0.25, -0.2) is 0 Å². The molecule has 0 aromatic carbocycles. The number of aliphatic hydroxyl groups excluding tert-OH is 1. The molecule has 4 heteroatoms. The first-order chi connectivity index (χ1) is 9.02. The summed E-state index contributed by atoms with van der Waals surface area (Å²) in [6.07, 6.45) is 6.04. The zero-order valence-electron chi connectivity index (χ0n) is 11.9. The Kier molecular flexibility index (Phi) is 4.71. The quantitative estimate of drug-likeness (QED) is 0.835. The van der Waals surface area contributed by atoms with Gasteiger partial charge >= 0.3 is 0 Å². The molecule has 0 bridgehead atoms. The number of rotatable bonds is 3.